The molecule has 0 aliphatic carbocycles. The second-order valence-corrected chi connectivity index (χ2v) is 6.84. The lowest BCUT2D eigenvalue weighted by Gasteiger charge is -2.36. The molecule has 116 valence electrons. The number of piperidine rings is 1. The summed E-state index contributed by atoms with van der Waals surface area (Å²) in [4.78, 5) is 15.1. The fourth-order valence-corrected chi connectivity index (χ4v) is 3.72. The quantitative estimate of drug-likeness (QED) is 0.775. The molecular weight excluding hydrogens is 292 g/mol. The zero-order valence-corrected chi connectivity index (χ0v) is 13.3. The molecule has 2 nitrogen and oxygen atoms in total. The molecule has 0 aromatic heterocycles. The first-order valence-electron chi connectivity index (χ1n) is 7.45. The van der Waals surface area contributed by atoms with Crippen LogP contribution in [-0.4, -0.2) is 28.6 Å². The third-order valence-electron chi connectivity index (χ3n) is 3.93. The van der Waals surface area contributed by atoms with Crippen LogP contribution in [0.15, 0.2) is 23.1 Å². The van der Waals surface area contributed by atoms with Crippen LogP contribution in [-0.2, 0) is 4.79 Å². The standard InChI is InChI=1S/C16H21F2NOS/c1-3-12-6-4-5-9-19(12)16(20)11(2)21-13-7-8-14(17)15(18)10-13/h7-8,10-12H,3-6,9H2,1-2H3. The molecule has 1 fully saturated rings. The Balaban J connectivity index is 2.02. The van der Waals surface area contributed by atoms with Gasteiger partial charge in [0.2, 0.25) is 5.91 Å². The van der Waals surface area contributed by atoms with Crippen molar-refractivity contribution in [2.75, 3.05) is 6.54 Å². The van der Waals surface area contributed by atoms with Crippen molar-refractivity contribution in [1.82, 2.24) is 4.90 Å². The minimum absolute atomic E-state index is 0.0938. The van der Waals surface area contributed by atoms with Crippen LogP contribution in [0.1, 0.15) is 39.5 Å². The first kappa shape index (κ1) is 16.3. The molecule has 0 spiro atoms. The summed E-state index contributed by atoms with van der Waals surface area (Å²) in [5.41, 5.74) is 0. The lowest BCUT2D eigenvalue weighted by atomic mass is 10.00. The molecule has 1 aliphatic rings. The summed E-state index contributed by atoms with van der Waals surface area (Å²) in [5.74, 6) is -1.64. The van der Waals surface area contributed by atoms with Gasteiger partial charge in [-0.1, -0.05) is 6.92 Å². The van der Waals surface area contributed by atoms with E-state index in [9.17, 15) is 13.6 Å². The third kappa shape index (κ3) is 3.96. The summed E-state index contributed by atoms with van der Waals surface area (Å²) in [6, 6.07) is 4.08. The van der Waals surface area contributed by atoms with E-state index in [4.69, 9.17) is 0 Å². The number of hydrogen-bond donors (Lipinski definition) is 0. The predicted molar refractivity (Wildman–Crippen MR) is 81.3 cm³/mol. The number of hydrogen-bond acceptors (Lipinski definition) is 2. The molecule has 21 heavy (non-hydrogen) atoms. The maximum absolute atomic E-state index is 13.2. The number of thioether (sulfide) groups is 1. The largest absolute Gasteiger partial charge is 0.339 e. The van der Waals surface area contributed by atoms with E-state index >= 15 is 0 Å². The average Bonchev–Trinajstić information content (AvgIpc) is 2.50. The summed E-state index contributed by atoms with van der Waals surface area (Å²) in [5, 5.41) is -0.290. The van der Waals surface area contributed by atoms with Gasteiger partial charge in [-0.15, -0.1) is 11.8 Å². The van der Waals surface area contributed by atoms with Crippen LogP contribution < -0.4 is 0 Å². The molecule has 1 aliphatic heterocycles. The van der Waals surface area contributed by atoms with Gasteiger partial charge in [0.15, 0.2) is 11.6 Å². The number of amides is 1. The van der Waals surface area contributed by atoms with Crippen LogP contribution in [0.4, 0.5) is 8.78 Å². The smallest absolute Gasteiger partial charge is 0.236 e. The van der Waals surface area contributed by atoms with Crippen LogP contribution >= 0.6 is 11.8 Å². The first-order valence-corrected chi connectivity index (χ1v) is 8.33. The fraction of sp³-hybridized carbons (Fsp3) is 0.562. The van der Waals surface area contributed by atoms with E-state index in [1.807, 2.05) is 11.8 Å². The molecule has 0 N–H and O–H groups in total. The van der Waals surface area contributed by atoms with Crippen LogP contribution in [0.2, 0.25) is 0 Å². The highest BCUT2D eigenvalue weighted by atomic mass is 32.2. The van der Waals surface area contributed by atoms with Crippen molar-refractivity contribution >= 4 is 17.7 Å². The number of carbonyl (C=O) groups excluding carboxylic acids is 1. The lowest BCUT2D eigenvalue weighted by Crippen LogP contribution is -2.46. The Labute approximate surface area is 128 Å². The van der Waals surface area contributed by atoms with Gasteiger partial charge < -0.3 is 4.90 Å². The molecule has 1 amide bonds. The summed E-state index contributed by atoms with van der Waals surface area (Å²) in [6.07, 6.45) is 4.25. The van der Waals surface area contributed by atoms with Gasteiger partial charge in [0, 0.05) is 17.5 Å². The molecule has 0 saturated carbocycles. The van der Waals surface area contributed by atoms with Gasteiger partial charge in [0.25, 0.3) is 0 Å². The first-order chi connectivity index (χ1) is 10.0. The third-order valence-corrected chi connectivity index (χ3v) is 5.01. The molecule has 1 aromatic carbocycles. The van der Waals surface area contributed by atoms with E-state index in [1.165, 1.54) is 24.2 Å². The Morgan fingerprint density at radius 3 is 2.81 bits per heavy atom. The normalized spacial score (nSPS) is 20.4. The van der Waals surface area contributed by atoms with E-state index in [0.717, 1.165) is 37.9 Å². The molecular formula is C16H21F2NOS. The summed E-state index contributed by atoms with van der Waals surface area (Å²) in [7, 11) is 0. The van der Waals surface area contributed by atoms with Crippen molar-refractivity contribution in [2.24, 2.45) is 0 Å². The summed E-state index contributed by atoms with van der Waals surface area (Å²) in [6.45, 7) is 4.74. The highest BCUT2D eigenvalue weighted by Crippen LogP contribution is 2.28. The number of likely N-dealkylation sites (tertiary alicyclic amines) is 1. The molecule has 1 heterocycles. The van der Waals surface area contributed by atoms with Gasteiger partial charge in [-0.2, -0.15) is 0 Å². The molecule has 1 aromatic rings. The van der Waals surface area contributed by atoms with Crippen molar-refractivity contribution < 1.29 is 13.6 Å². The molecule has 2 rings (SSSR count). The maximum atomic E-state index is 13.2. The topological polar surface area (TPSA) is 20.3 Å². The molecule has 2 atom stereocenters. The Hall–Kier alpha value is -1.10. The minimum atomic E-state index is -0.871. The summed E-state index contributed by atoms with van der Waals surface area (Å²) < 4.78 is 26.1. The Bertz CT molecular complexity index is 509. The van der Waals surface area contributed by atoms with Gasteiger partial charge >= 0.3 is 0 Å². The van der Waals surface area contributed by atoms with Crippen LogP contribution in [0.3, 0.4) is 0 Å². The second-order valence-electron chi connectivity index (χ2n) is 5.43. The Morgan fingerprint density at radius 1 is 1.38 bits per heavy atom. The number of halogens is 2. The van der Waals surface area contributed by atoms with E-state index in [-0.39, 0.29) is 11.2 Å². The van der Waals surface area contributed by atoms with Gasteiger partial charge in [-0.25, -0.2) is 8.78 Å². The van der Waals surface area contributed by atoms with E-state index < -0.39 is 11.6 Å². The van der Waals surface area contributed by atoms with E-state index in [0.29, 0.717) is 10.9 Å². The molecule has 0 bridgehead atoms. The zero-order chi connectivity index (χ0) is 15.4. The predicted octanol–water partition coefficient (Wildman–Crippen LogP) is 4.24. The average molecular weight is 313 g/mol. The highest BCUT2D eigenvalue weighted by molar-refractivity contribution is 8.00. The van der Waals surface area contributed by atoms with E-state index in [2.05, 4.69) is 6.92 Å². The van der Waals surface area contributed by atoms with Crippen molar-refractivity contribution in [2.45, 2.75) is 55.7 Å². The Morgan fingerprint density at radius 2 is 2.14 bits per heavy atom. The highest BCUT2D eigenvalue weighted by Gasteiger charge is 2.29. The van der Waals surface area contributed by atoms with Crippen LogP contribution in [0.5, 0.6) is 0 Å². The number of carbonyl (C=O) groups is 1. The van der Waals surface area contributed by atoms with Crippen LogP contribution in [0.25, 0.3) is 0 Å². The number of rotatable bonds is 4. The molecule has 2 unspecified atom stereocenters. The maximum Gasteiger partial charge on any atom is 0.236 e. The van der Waals surface area contributed by atoms with Crippen LogP contribution in [0, 0.1) is 11.6 Å². The second kappa shape index (κ2) is 7.25. The van der Waals surface area contributed by atoms with Gasteiger partial charge in [-0.3, -0.25) is 4.79 Å². The zero-order valence-electron chi connectivity index (χ0n) is 12.4. The summed E-state index contributed by atoms with van der Waals surface area (Å²) >= 11 is 1.28. The van der Waals surface area contributed by atoms with Gasteiger partial charge in [-0.05, 0) is 50.8 Å². The molecule has 0 radical (unpaired) electrons. The van der Waals surface area contributed by atoms with Crippen molar-refractivity contribution in [3.8, 4) is 0 Å². The number of benzene rings is 1. The van der Waals surface area contributed by atoms with E-state index in [1.54, 1.807) is 0 Å². The number of nitrogens with zero attached hydrogens (tertiary/aromatic N) is 1. The SMILES string of the molecule is CCC1CCCCN1C(=O)C(C)Sc1ccc(F)c(F)c1. The lowest BCUT2D eigenvalue weighted by molar-refractivity contribution is -0.134. The van der Waals surface area contributed by atoms with Crippen molar-refractivity contribution in [3.63, 3.8) is 0 Å². The van der Waals surface area contributed by atoms with Crippen molar-refractivity contribution in [1.29, 1.82) is 0 Å². The van der Waals surface area contributed by atoms with Crippen molar-refractivity contribution in [3.05, 3.63) is 29.8 Å². The monoisotopic (exact) mass is 313 g/mol. The molecule has 5 heteroatoms. The molecule has 1 saturated heterocycles. The van der Waals surface area contributed by atoms with Gasteiger partial charge in [0.05, 0.1) is 5.25 Å². The fourth-order valence-electron chi connectivity index (χ4n) is 2.75. The Kier molecular flexibility index (Phi) is 5.62. The van der Waals surface area contributed by atoms with Gasteiger partial charge in [0.1, 0.15) is 0 Å². The minimum Gasteiger partial charge on any atom is -0.339 e.